The average molecular weight is 224 g/mol. The van der Waals surface area contributed by atoms with E-state index in [1.807, 2.05) is 0 Å². The second-order valence-electron chi connectivity index (χ2n) is 6.12. The monoisotopic (exact) mass is 224 g/mol. The molecule has 0 aromatic heterocycles. The second-order valence-corrected chi connectivity index (χ2v) is 6.12. The lowest BCUT2D eigenvalue weighted by atomic mass is 9.84. The topological polar surface area (TPSA) is 38.0 Å². The molecule has 4 unspecified atom stereocenters. The van der Waals surface area contributed by atoms with Gasteiger partial charge in [-0.25, -0.2) is 0 Å². The molecule has 2 fully saturated rings. The third kappa shape index (κ3) is 2.28. The smallest absolute Gasteiger partial charge is 0.0334 e. The minimum Gasteiger partial charge on any atom is -0.329 e. The number of rotatable bonds is 4. The van der Waals surface area contributed by atoms with Crippen molar-refractivity contribution < 1.29 is 0 Å². The molecule has 16 heavy (non-hydrogen) atoms. The van der Waals surface area contributed by atoms with Gasteiger partial charge in [0.2, 0.25) is 0 Å². The van der Waals surface area contributed by atoms with Crippen LogP contribution in [0, 0.1) is 11.8 Å². The maximum absolute atomic E-state index is 6.09. The molecule has 0 bridgehead atoms. The van der Waals surface area contributed by atoms with Gasteiger partial charge in [-0.05, 0) is 43.9 Å². The van der Waals surface area contributed by atoms with Crippen molar-refractivity contribution in [1.29, 1.82) is 0 Å². The van der Waals surface area contributed by atoms with Gasteiger partial charge in [0.05, 0.1) is 0 Å². The van der Waals surface area contributed by atoms with E-state index in [1.165, 1.54) is 44.9 Å². The van der Waals surface area contributed by atoms with Gasteiger partial charge in [0.15, 0.2) is 0 Å². The zero-order valence-electron chi connectivity index (χ0n) is 11.0. The van der Waals surface area contributed by atoms with Crippen molar-refractivity contribution in [2.24, 2.45) is 17.6 Å². The molecule has 0 aliphatic heterocycles. The average Bonchev–Trinajstić information content (AvgIpc) is 2.86. The number of nitrogens with one attached hydrogen (secondary N) is 1. The quantitative estimate of drug-likeness (QED) is 0.770. The highest BCUT2D eigenvalue weighted by molar-refractivity contribution is 5.02. The summed E-state index contributed by atoms with van der Waals surface area (Å²) in [6.45, 7) is 5.53. The fraction of sp³-hybridized carbons (Fsp3) is 1.00. The van der Waals surface area contributed by atoms with Crippen LogP contribution in [0.5, 0.6) is 0 Å². The van der Waals surface area contributed by atoms with Gasteiger partial charge in [0.1, 0.15) is 0 Å². The summed E-state index contributed by atoms with van der Waals surface area (Å²) in [5, 5.41) is 3.95. The fourth-order valence-corrected chi connectivity index (χ4v) is 4.00. The molecule has 0 aromatic carbocycles. The van der Waals surface area contributed by atoms with E-state index >= 15 is 0 Å². The Hall–Kier alpha value is -0.0800. The molecule has 2 heteroatoms. The van der Waals surface area contributed by atoms with Crippen LogP contribution in [0.3, 0.4) is 0 Å². The van der Waals surface area contributed by atoms with Crippen molar-refractivity contribution in [2.75, 3.05) is 6.54 Å². The first-order chi connectivity index (χ1) is 7.70. The van der Waals surface area contributed by atoms with Gasteiger partial charge in [-0.1, -0.05) is 26.7 Å². The SMILES string of the molecule is CCC1CCCC1(CN)NC1CCC(C)C1. The zero-order valence-corrected chi connectivity index (χ0v) is 11.0. The third-order valence-corrected chi connectivity index (χ3v) is 5.00. The Bertz CT molecular complexity index is 229. The predicted molar refractivity (Wildman–Crippen MR) is 69.4 cm³/mol. The Morgan fingerprint density at radius 2 is 2.12 bits per heavy atom. The Kier molecular flexibility index (Phi) is 3.91. The van der Waals surface area contributed by atoms with Gasteiger partial charge in [-0.3, -0.25) is 0 Å². The Morgan fingerprint density at radius 1 is 1.31 bits per heavy atom. The van der Waals surface area contributed by atoms with E-state index in [0.29, 0.717) is 0 Å². The van der Waals surface area contributed by atoms with Crippen LogP contribution in [-0.4, -0.2) is 18.1 Å². The van der Waals surface area contributed by atoms with Crippen LogP contribution in [0.25, 0.3) is 0 Å². The molecule has 3 N–H and O–H groups in total. The van der Waals surface area contributed by atoms with Crippen LogP contribution in [0.2, 0.25) is 0 Å². The molecule has 0 saturated heterocycles. The van der Waals surface area contributed by atoms with Crippen molar-refractivity contribution in [3.05, 3.63) is 0 Å². The van der Waals surface area contributed by atoms with Crippen molar-refractivity contribution in [3.8, 4) is 0 Å². The Labute approximate surface area is 100 Å². The lowest BCUT2D eigenvalue weighted by Crippen LogP contribution is -2.56. The van der Waals surface area contributed by atoms with E-state index in [4.69, 9.17) is 5.73 Å². The summed E-state index contributed by atoms with van der Waals surface area (Å²) in [6, 6.07) is 0.741. The highest BCUT2D eigenvalue weighted by Gasteiger charge is 2.42. The summed E-state index contributed by atoms with van der Waals surface area (Å²) < 4.78 is 0. The molecule has 0 aromatic rings. The first-order valence-corrected chi connectivity index (χ1v) is 7.18. The maximum Gasteiger partial charge on any atom is 0.0334 e. The van der Waals surface area contributed by atoms with Crippen molar-refractivity contribution in [3.63, 3.8) is 0 Å². The van der Waals surface area contributed by atoms with Gasteiger partial charge in [-0.15, -0.1) is 0 Å². The summed E-state index contributed by atoms with van der Waals surface area (Å²) in [7, 11) is 0. The molecule has 0 spiro atoms. The summed E-state index contributed by atoms with van der Waals surface area (Å²) in [4.78, 5) is 0. The van der Waals surface area contributed by atoms with Gasteiger partial charge in [-0.2, -0.15) is 0 Å². The predicted octanol–water partition coefficient (Wildman–Crippen LogP) is 2.67. The number of hydrogen-bond acceptors (Lipinski definition) is 2. The molecule has 2 saturated carbocycles. The standard InChI is InChI=1S/C14H28N2/c1-3-12-5-4-8-14(12,10-15)16-13-7-6-11(2)9-13/h11-13,16H,3-10,15H2,1-2H3. The Morgan fingerprint density at radius 3 is 2.69 bits per heavy atom. The molecular weight excluding hydrogens is 196 g/mol. The minimum absolute atomic E-state index is 0.281. The van der Waals surface area contributed by atoms with E-state index < -0.39 is 0 Å². The maximum atomic E-state index is 6.09. The number of hydrogen-bond donors (Lipinski definition) is 2. The first-order valence-electron chi connectivity index (χ1n) is 7.18. The van der Waals surface area contributed by atoms with Crippen molar-refractivity contribution in [1.82, 2.24) is 5.32 Å². The molecule has 0 amide bonds. The van der Waals surface area contributed by atoms with Gasteiger partial charge in [0.25, 0.3) is 0 Å². The molecule has 94 valence electrons. The third-order valence-electron chi connectivity index (χ3n) is 5.00. The van der Waals surface area contributed by atoms with Gasteiger partial charge < -0.3 is 11.1 Å². The summed E-state index contributed by atoms with van der Waals surface area (Å²) in [6.07, 6.45) is 9.44. The van der Waals surface area contributed by atoms with Crippen molar-refractivity contribution in [2.45, 2.75) is 70.4 Å². The molecule has 2 aliphatic carbocycles. The normalized spacial score (nSPS) is 44.1. The van der Waals surface area contributed by atoms with E-state index in [1.54, 1.807) is 0 Å². The van der Waals surface area contributed by atoms with E-state index in [0.717, 1.165) is 24.4 Å². The Balaban J connectivity index is 1.98. The highest BCUT2D eigenvalue weighted by Crippen LogP contribution is 2.39. The van der Waals surface area contributed by atoms with Crippen LogP contribution < -0.4 is 11.1 Å². The summed E-state index contributed by atoms with van der Waals surface area (Å²) in [5.74, 6) is 1.72. The zero-order chi connectivity index (χ0) is 11.6. The minimum atomic E-state index is 0.281. The first kappa shape index (κ1) is 12.4. The van der Waals surface area contributed by atoms with Crippen LogP contribution in [0.4, 0.5) is 0 Å². The molecule has 2 aliphatic rings. The van der Waals surface area contributed by atoms with Crippen LogP contribution in [0.1, 0.15) is 58.8 Å². The van der Waals surface area contributed by atoms with Crippen LogP contribution in [-0.2, 0) is 0 Å². The van der Waals surface area contributed by atoms with E-state index in [-0.39, 0.29) is 5.54 Å². The lowest BCUT2D eigenvalue weighted by molar-refractivity contribution is 0.217. The lowest BCUT2D eigenvalue weighted by Gasteiger charge is -2.38. The highest BCUT2D eigenvalue weighted by atomic mass is 15.0. The van der Waals surface area contributed by atoms with Gasteiger partial charge >= 0.3 is 0 Å². The van der Waals surface area contributed by atoms with Crippen molar-refractivity contribution >= 4 is 0 Å². The molecule has 2 rings (SSSR count). The molecule has 0 radical (unpaired) electrons. The van der Waals surface area contributed by atoms with E-state index in [9.17, 15) is 0 Å². The second kappa shape index (κ2) is 5.05. The summed E-state index contributed by atoms with van der Waals surface area (Å²) in [5.41, 5.74) is 6.37. The van der Waals surface area contributed by atoms with Gasteiger partial charge in [0, 0.05) is 18.1 Å². The van der Waals surface area contributed by atoms with Crippen LogP contribution in [0.15, 0.2) is 0 Å². The number of nitrogens with two attached hydrogens (primary N) is 1. The molecule has 2 nitrogen and oxygen atoms in total. The molecule has 0 heterocycles. The molecular formula is C14H28N2. The molecule has 4 atom stereocenters. The summed E-state index contributed by atoms with van der Waals surface area (Å²) >= 11 is 0. The van der Waals surface area contributed by atoms with E-state index in [2.05, 4.69) is 19.2 Å². The fourth-order valence-electron chi connectivity index (χ4n) is 4.00. The largest absolute Gasteiger partial charge is 0.329 e. The van der Waals surface area contributed by atoms with Crippen LogP contribution >= 0.6 is 0 Å².